The molecule has 0 unspecified atom stereocenters. The number of nitrogens with zero attached hydrogens (tertiary/aromatic N) is 1. The third kappa shape index (κ3) is 6.04. The van der Waals surface area contributed by atoms with Crippen LogP contribution in [0.25, 0.3) is 0 Å². The molecule has 140 valence electrons. The number of carbonyl (C=O) groups is 2. The summed E-state index contributed by atoms with van der Waals surface area (Å²) in [5, 5.41) is 11.2. The lowest BCUT2D eigenvalue weighted by molar-refractivity contribution is -0.149. The normalized spacial score (nSPS) is 10.6. The van der Waals surface area contributed by atoms with Crippen molar-refractivity contribution in [2.75, 3.05) is 18.5 Å². The third-order valence-corrected chi connectivity index (χ3v) is 3.21. The molecule has 2 rings (SSSR count). The molecule has 2 aromatic carbocycles. The van der Waals surface area contributed by atoms with Crippen molar-refractivity contribution in [1.82, 2.24) is 0 Å². The molecule has 1 N–H and O–H groups in total. The van der Waals surface area contributed by atoms with Gasteiger partial charge in [-0.2, -0.15) is 18.4 Å². The SMILES string of the molecule is N#Cc1ccccc1OCC(=O)OCC(=O)Nc1ccc(C(F)(F)F)cc1. The molecule has 6 nitrogen and oxygen atoms in total. The van der Waals surface area contributed by atoms with Crippen LogP contribution in [0.4, 0.5) is 18.9 Å². The lowest BCUT2D eigenvalue weighted by Gasteiger charge is -2.10. The number of benzene rings is 2. The van der Waals surface area contributed by atoms with E-state index < -0.39 is 36.8 Å². The van der Waals surface area contributed by atoms with E-state index in [4.69, 9.17) is 14.7 Å². The van der Waals surface area contributed by atoms with Crippen molar-refractivity contribution < 1.29 is 32.2 Å². The van der Waals surface area contributed by atoms with E-state index in [1.54, 1.807) is 12.1 Å². The first-order valence-corrected chi connectivity index (χ1v) is 7.54. The van der Waals surface area contributed by atoms with Gasteiger partial charge in [0.25, 0.3) is 5.91 Å². The zero-order valence-corrected chi connectivity index (χ0v) is 13.7. The average Bonchev–Trinajstić information content (AvgIpc) is 2.64. The Labute approximate surface area is 152 Å². The Bertz CT molecular complexity index is 858. The Hall–Kier alpha value is -3.54. The summed E-state index contributed by atoms with van der Waals surface area (Å²) >= 11 is 0. The van der Waals surface area contributed by atoms with Crippen LogP contribution in [-0.4, -0.2) is 25.1 Å². The summed E-state index contributed by atoms with van der Waals surface area (Å²) in [5.41, 5.74) is -0.477. The molecule has 0 heterocycles. The molecule has 0 atom stereocenters. The lowest BCUT2D eigenvalue weighted by atomic mass is 10.2. The summed E-state index contributed by atoms with van der Waals surface area (Å²) < 4.78 is 47.2. The zero-order valence-electron chi connectivity index (χ0n) is 13.7. The van der Waals surface area contributed by atoms with Crippen molar-refractivity contribution in [3.63, 3.8) is 0 Å². The number of halogens is 3. The number of carbonyl (C=O) groups excluding carboxylic acids is 2. The highest BCUT2D eigenvalue weighted by molar-refractivity contribution is 5.92. The number of ether oxygens (including phenoxy) is 2. The summed E-state index contributed by atoms with van der Waals surface area (Å²) in [6.07, 6.45) is -4.47. The lowest BCUT2D eigenvalue weighted by Crippen LogP contribution is -2.23. The molecule has 0 aromatic heterocycles. The van der Waals surface area contributed by atoms with Gasteiger partial charge in [0.05, 0.1) is 11.1 Å². The van der Waals surface area contributed by atoms with Crippen LogP contribution >= 0.6 is 0 Å². The first kappa shape index (κ1) is 19.8. The third-order valence-electron chi connectivity index (χ3n) is 3.21. The molecule has 0 bridgehead atoms. The molecule has 1 amide bonds. The highest BCUT2D eigenvalue weighted by Crippen LogP contribution is 2.29. The highest BCUT2D eigenvalue weighted by atomic mass is 19.4. The van der Waals surface area contributed by atoms with Crippen LogP contribution in [-0.2, 0) is 20.5 Å². The van der Waals surface area contributed by atoms with E-state index in [0.29, 0.717) is 0 Å². The van der Waals surface area contributed by atoms with Gasteiger partial charge >= 0.3 is 12.1 Å². The maximum atomic E-state index is 12.5. The molecule has 0 radical (unpaired) electrons. The second-order valence-electron chi connectivity index (χ2n) is 5.18. The van der Waals surface area contributed by atoms with Gasteiger partial charge in [-0.1, -0.05) is 12.1 Å². The Morgan fingerprint density at radius 2 is 1.70 bits per heavy atom. The van der Waals surface area contributed by atoms with Gasteiger partial charge in [0.1, 0.15) is 11.8 Å². The van der Waals surface area contributed by atoms with Gasteiger partial charge < -0.3 is 14.8 Å². The van der Waals surface area contributed by atoms with Crippen LogP contribution in [0, 0.1) is 11.3 Å². The molecule has 0 aliphatic heterocycles. The fraction of sp³-hybridized carbons (Fsp3) is 0.167. The Kier molecular flexibility index (Phi) is 6.38. The van der Waals surface area contributed by atoms with Gasteiger partial charge in [0.15, 0.2) is 13.2 Å². The van der Waals surface area contributed by atoms with Crippen molar-refractivity contribution in [2.24, 2.45) is 0 Å². The largest absolute Gasteiger partial charge is 0.481 e. The van der Waals surface area contributed by atoms with E-state index in [-0.39, 0.29) is 17.0 Å². The molecule has 0 saturated heterocycles. The number of nitriles is 1. The fourth-order valence-electron chi connectivity index (χ4n) is 1.95. The minimum atomic E-state index is -4.47. The summed E-state index contributed by atoms with van der Waals surface area (Å²) in [5.74, 6) is -1.36. The number of amides is 1. The monoisotopic (exact) mass is 378 g/mol. The van der Waals surface area contributed by atoms with E-state index in [1.165, 1.54) is 12.1 Å². The van der Waals surface area contributed by atoms with Crippen molar-refractivity contribution in [3.8, 4) is 11.8 Å². The van der Waals surface area contributed by atoms with Gasteiger partial charge in [-0.15, -0.1) is 0 Å². The summed E-state index contributed by atoms with van der Waals surface area (Å²) in [4.78, 5) is 23.3. The Balaban J connectivity index is 1.78. The number of anilines is 1. The first-order valence-electron chi connectivity index (χ1n) is 7.54. The van der Waals surface area contributed by atoms with E-state index >= 15 is 0 Å². The summed E-state index contributed by atoms with van der Waals surface area (Å²) in [6, 6.07) is 12.0. The predicted octanol–water partition coefficient (Wildman–Crippen LogP) is 3.14. The highest BCUT2D eigenvalue weighted by Gasteiger charge is 2.30. The second-order valence-corrected chi connectivity index (χ2v) is 5.18. The summed E-state index contributed by atoms with van der Waals surface area (Å²) in [6.45, 7) is -1.14. The molecular formula is C18H13F3N2O4. The van der Waals surface area contributed by atoms with Crippen molar-refractivity contribution in [1.29, 1.82) is 5.26 Å². The maximum Gasteiger partial charge on any atom is 0.416 e. The van der Waals surface area contributed by atoms with Crippen LogP contribution in [0.15, 0.2) is 48.5 Å². The van der Waals surface area contributed by atoms with Crippen LogP contribution in [0.2, 0.25) is 0 Å². The number of alkyl halides is 3. The number of esters is 1. The molecular weight excluding hydrogens is 365 g/mol. The van der Waals surface area contributed by atoms with Gasteiger partial charge in [-0.3, -0.25) is 4.79 Å². The van der Waals surface area contributed by atoms with Crippen molar-refractivity contribution in [2.45, 2.75) is 6.18 Å². The van der Waals surface area contributed by atoms with Gasteiger partial charge in [0, 0.05) is 5.69 Å². The molecule has 0 fully saturated rings. The number of hydrogen-bond acceptors (Lipinski definition) is 5. The average molecular weight is 378 g/mol. The predicted molar refractivity (Wildman–Crippen MR) is 87.7 cm³/mol. The van der Waals surface area contributed by atoms with E-state index in [0.717, 1.165) is 24.3 Å². The van der Waals surface area contributed by atoms with E-state index in [2.05, 4.69) is 5.32 Å². The molecule has 0 aliphatic carbocycles. The number of para-hydroxylation sites is 1. The summed E-state index contributed by atoms with van der Waals surface area (Å²) in [7, 11) is 0. The van der Waals surface area contributed by atoms with Crippen molar-refractivity contribution in [3.05, 3.63) is 59.7 Å². The molecule has 0 aliphatic rings. The quantitative estimate of drug-likeness (QED) is 0.780. The molecule has 0 saturated carbocycles. The number of rotatable bonds is 6. The van der Waals surface area contributed by atoms with Gasteiger partial charge in [-0.05, 0) is 36.4 Å². The number of hydrogen-bond donors (Lipinski definition) is 1. The van der Waals surface area contributed by atoms with Crippen LogP contribution in [0.3, 0.4) is 0 Å². The molecule has 9 heteroatoms. The Morgan fingerprint density at radius 1 is 1.04 bits per heavy atom. The topological polar surface area (TPSA) is 88.4 Å². The zero-order chi connectivity index (χ0) is 19.9. The molecule has 27 heavy (non-hydrogen) atoms. The van der Waals surface area contributed by atoms with Crippen molar-refractivity contribution >= 4 is 17.6 Å². The minimum Gasteiger partial charge on any atom is -0.481 e. The van der Waals surface area contributed by atoms with Gasteiger partial charge in [0.2, 0.25) is 0 Å². The molecule has 2 aromatic rings. The second kappa shape index (κ2) is 8.71. The first-order chi connectivity index (χ1) is 12.8. The smallest absolute Gasteiger partial charge is 0.416 e. The van der Waals surface area contributed by atoms with Crippen LogP contribution in [0.5, 0.6) is 5.75 Å². The molecule has 0 spiro atoms. The maximum absolute atomic E-state index is 12.5. The number of nitrogens with one attached hydrogen (secondary N) is 1. The standard InChI is InChI=1S/C18H13F3N2O4/c19-18(20,21)13-5-7-14(8-6-13)23-16(24)10-27-17(25)11-26-15-4-2-1-3-12(15)9-22/h1-8H,10-11H2,(H,23,24). The minimum absolute atomic E-state index is 0.128. The van der Waals surface area contributed by atoms with E-state index in [1.807, 2.05) is 6.07 Å². The Morgan fingerprint density at radius 3 is 2.33 bits per heavy atom. The fourth-order valence-corrected chi connectivity index (χ4v) is 1.95. The van der Waals surface area contributed by atoms with Gasteiger partial charge in [-0.25, -0.2) is 4.79 Å². The van der Waals surface area contributed by atoms with Crippen LogP contribution in [0.1, 0.15) is 11.1 Å². The van der Waals surface area contributed by atoms with E-state index in [9.17, 15) is 22.8 Å². The van der Waals surface area contributed by atoms with Crippen LogP contribution < -0.4 is 10.1 Å².